The highest BCUT2D eigenvalue weighted by atomic mass is 35.5. The van der Waals surface area contributed by atoms with Crippen LogP contribution in [0.1, 0.15) is 10.4 Å². The molecule has 110 valence electrons. The molecule has 1 aromatic carbocycles. The first-order valence-electron chi connectivity index (χ1n) is 5.46. The summed E-state index contributed by atoms with van der Waals surface area (Å²) in [5, 5.41) is 8.94. The van der Waals surface area contributed by atoms with Gasteiger partial charge in [-0.1, -0.05) is 17.7 Å². The predicted octanol–water partition coefficient (Wildman–Crippen LogP) is 2.37. The van der Waals surface area contributed by atoms with E-state index in [1.54, 1.807) is 0 Å². The summed E-state index contributed by atoms with van der Waals surface area (Å²) in [5.41, 5.74) is -0.619. The van der Waals surface area contributed by atoms with E-state index >= 15 is 0 Å². The molecular formula is C12H8ClFN2O4S. The molecule has 0 aliphatic carbocycles. The Morgan fingerprint density at radius 3 is 2.67 bits per heavy atom. The van der Waals surface area contributed by atoms with Gasteiger partial charge in [-0.25, -0.2) is 17.6 Å². The number of aromatic carboxylic acids is 1. The summed E-state index contributed by atoms with van der Waals surface area (Å²) < 4.78 is 39.3. The van der Waals surface area contributed by atoms with Crippen LogP contribution in [-0.2, 0) is 10.0 Å². The Bertz CT molecular complexity index is 811. The van der Waals surface area contributed by atoms with Gasteiger partial charge in [0.25, 0.3) is 10.0 Å². The highest BCUT2D eigenvalue weighted by Crippen LogP contribution is 2.28. The Morgan fingerprint density at radius 1 is 1.33 bits per heavy atom. The van der Waals surface area contributed by atoms with Crippen LogP contribution in [0.2, 0.25) is 5.02 Å². The molecule has 0 radical (unpaired) electrons. The molecule has 1 aromatic heterocycles. The highest BCUT2D eigenvalue weighted by Gasteiger charge is 2.21. The van der Waals surface area contributed by atoms with E-state index in [0.717, 1.165) is 18.5 Å². The summed E-state index contributed by atoms with van der Waals surface area (Å²) in [5.74, 6) is -2.19. The lowest BCUT2D eigenvalue weighted by atomic mass is 10.2. The van der Waals surface area contributed by atoms with Gasteiger partial charge in [0.2, 0.25) is 0 Å². The van der Waals surface area contributed by atoms with Crippen LogP contribution in [-0.4, -0.2) is 24.5 Å². The van der Waals surface area contributed by atoms with Gasteiger partial charge in [0, 0.05) is 6.20 Å². The summed E-state index contributed by atoms with van der Waals surface area (Å²) in [6.07, 6.45) is 1.78. The molecule has 1 heterocycles. The van der Waals surface area contributed by atoms with Crippen molar-refractivity contribution in [3.63, 3.8) is 0 Å². The van der Waals surface area contributed by atoms with Gasteiger partial charge in [-0.2, -0.15) is 0 Å². The molecule has 0 aliphatic rings. The average Bonchev–Trinajstić information content (AvgIpc) is 2.40. The summed E-state index contributed by atoms with van der Waals surface area (Å²) in [4.78, 5) is 14.1. The molecule has 2 rings (SSSR count). The monoisotopic (exact) mass is 330 g/mol. The number of halogens is 2. The highest BCUT2D eigenvalue weighted by molar-refractivity contribution is 7.92. The van der Waals surface area contributed by atoms with E-state index in [9.17, 15) is 17.6 Å². The van der Waals surface area contributed by atoms with E-state index < -0.39 is 26.7 Å². The van der Waals surface area contributed by atoms with Crippen LogP contribution >= 0.6 is 11.6 Å². The number of carboxylic acids is 1. The number of pyridine rings is 1. The van der Waals surface area contributed by atoms with Gasteiger partial charge in [-0.15, -0.1) is 0 Å². The van der Waals surface area contributed by atoms with E-state index in [2.05, 4.69) is 4.98 Å². The van der Waals surface area contributed by atoms with Crippen LogP contribution in [0.4, 0.5) is 10.1 Å². The van der Waals surface area contributed by atoms with Crippen molar-refractivity contribution >= 4 is 33.3 Å². The Labute approximate surface area is 124 Å². The fraction of sp³-hybridized carbons (Fsp3) is 0. The second-order valence-electron chi connectivity index (χ2n) is 3.91. The molecule has 0 bridgehead atoms. The molecular weight excluding hydrogens is 323 g/mol. The minimum absolute atomic E-state index is 0.0946. The number of rotatable bonds is 4. The van der Waals surface area contributed by atoms with Gasteiger partial charge in [0.05, 0.1) is 22.5 Å². The summed E-state index contributed by atoms with van der Waals surface area (Å²) >= 11 is 5.82. The van der Waals surface area contributed by atoms with Crippen LogP contribution in [0, 0.1) is 5.82 Å². The fourth-order valence-electron chi connectivity index (χ4n) is 1.54. The zero-order chi connectivity index (χ0) is 15.6. The van der Waals surface area contributed by atoms with Gasteiger partial charge in [-0.3, -0.25) is 9.71 Å². The van der Waals surface area contributed by atoms with Crippen molar-refractivity contribution in [2.45, 2.75) is 4.90 Å². The molecule has 0 atom stereocenters. The number of carboxylic acid groups (broad SMARTS) is 1. The van der Waals surface area contributed by atoms with Crippen molar-refractivity contribution in [1.82, 2.24) is 4.98 Å². The lowest BCUT2D eigenvalue weighted by Crippen LogP contribution is -2.16. The average molecular weight is 331 g/mol. The fourth-order valence-corrected chi connectivity index (χ4v) is 2.89. The number of anilines is 1. The van der Waals surface area contributed by atoms with Gasteiger partial charge in [0.1, 0.15) is 10.7 Å². The third-order valence-corrected chi connectivity index (χ3v) is 4.10. The van der Waals surface area contributed by atoms with Crippen molar-refractivity contribution in [1.29, 1.82) is 0 Å². The maximum absolute atomic E-state index is 13.0. The van der Waals surface area contributed by atoms with E-state index in [1.807, 2.05) is 4.72 Å². The molecule has 0 spiro atoms. The van der Waals surface area contributed by atoms with E-state index in [-0.39, 0.29) is 16.3 Å². The molecule has 0 fully saturated rings. The number of hydrogen-bond acceptors (Lipinski definition) is 4. The van der Waals surface area contributed by atoms with Crippen molar-refractivity contribution in [3.8, 4) is 0 Å². The zero-order valence-electron chi connectivity index (χ0n) is 10.2. The van der Waals surface area contributed by atoms with Crippen molar-refractivity contribution in [2.75, 3.05) is 4.72 Å². The molecule has 0 aliphatic heterocycles. The van der Waals surface area contributed by atoms with E-state index in [0.29, 0.717) is 0 Å². The topological polar surface area (TPSA) is 96.4 Å². The molecule has 0 unspecified atom stereocenters. The maximum Gasteiger partial charge on any atom is 0.337 e. The molecule has 2 aromatic rings. The van der Waals surface area contributed by atoms with Gasteiger partial charge >= 0.3 is 5.97 Å². The Balaban J connectivity index is 2.49. The number of aromatic nitrogens is 1. The standard InChI is InChI=1S/C12H8ClFN2O4S/c13-10-3-1-2-9(12(17)18)11(10)16-21(19,20)8-4-7(14)5-15-6-8/h1-6,16H,(H,17,18). The van der Waals surface area contributed by atoms with Crippen molar-refractivity contribution < 1.29 is 22.7 Å². The van der Waals surface area contributed by atoms with Crippen LogP contribution < -0.4 is 4.72 Å². The first kappa shape index (κ1) is 15.2. The number of sulfonamides is 1. The number of nitrogens with one attached hydrogen (secondary N) is 1. The summed E-state index contributed by atoms with van der Waals surface area (Å²) in [6, 6.07) is 4.64. The second kappa shape index (κ2) is 5.66. The summed E-state index contributed by atoms with van der Waals surface area (Å²) in [6.45, 7) is 0. The molecule has 21 heavy (non-hydrogen) atoms. The maximum atomic E-state index is 13.0. The largest absolute Gasteiger partial charge is 0.478 e. The predicted molar refractivity (Wildman–Crippen MR) is 73.4 cm³/mol. The first-order chi connectivity index (χ1) is 9.81. The van der Waals surface area contributed by atoms with E-state index in [4.69, 9.17) is 16.7 Å². The van der Waals surface area contributed by atoms with Crippen LogP contribution in [0.25, 0.3) is 0 Å². The molecule has 6 nitrogen and oxygen atoms in total. The first-order valence-corrected chi connectivity index (χ1v) is 7.32. The van der Waals surface area contributed by atoms with Crippen LogP contribution in [0.5, 0.6) is 0 Å². The smallest absolute Gasteiger partial charge is 0.337 e. The minimum atomic E-state index is -4.21. The Morgan fingerprint density at radius 2 is 2.05 bits per heavy atom. The van der Waals surface area contributed by atoms with Gasteiger partial charge < -0.3 is 5.11 Å². The number of carbonyl (C=O) groups is 1. The summed E-state index contributed by atoms with van der Waals surface area (Å²) in [7, 11) is -4.21. The molecule has 0 saturated carbocycles. The van der Waals surface area contributed by atoms with Crippen LogP contribution in [0.15, 0.2) is 41.6 Å². The molecule has 9 heteroatoms. The second-order valence-corrected chi connectivity index (χ2v) is 6.00. The zero-order valence-corrected chi connectivity index (χ0v) is 11.8. The number of benzene rings is 1. The lowest BCUT2D eigenvalue weighted by Gasteiger charge is -2.11. The van der Waals surface area contributed by atoms with Crippen molar-refractivity contribution in [2.24, 2.45) is 0 Å². The normalized spacial score (nSPS) is 11.1. The lowest BCUT2D eigenvalue weighted by molar-refractivity contribution is 0.0698. The van der Waals surface area contributed by atoms with Crippen molar-refractivity contribution in [3.05, 3.63) is 53.1 Å². The molecule has 2 N–H and O–H groups in total. The quantitative estimate of drug-likeness (QED) is 0.897. The third kappa shape index (κ3) is 3.29. The SMILES string of the molecule is O=C(O)c1cccc(Cl)c1NS(=O)(=O)c1cncc(F)c1. The Kier molecular flexibility index (Phi) is 4.10. The Hall–Kier alpha value is -2.19. The molecule has 0 amide bonds. The number of hydrogen-bond donors (Lipinski definition) is 2. The molecule has 0 saturated heterocycles. The van der Waals surface area contributed by atoms with Gasteiger partial charge in [0.15, 0.2) is 0 Å². The van der Waals surface area contributed by atoms with Gasteiger partial charge in [-0.05, 0) is 18.2 Å². The number of para-hydroxylation sites is 1. The minimum Gasteiger partial charge on any atom is -0.478 e. The number of nitrogens with zero attached hydrogens (tertiary/aromatic N) is 1. The third-order valence-electron chi connectivity index (χ3n) is 2.47. The van der Waals surface area contributed by atoms with E-state index in [1.165, 1.54) is 18.2 Å². The van der Waals surface area contributed by atoms with Crippen LogP contribution in [0.3, 0.4) is 0 Å².